The van der Waals surface area contributed by atoms with Crippen LogP contribution in [0.15, 0.2) is 23.8 Å². The van der Waals surface area contributed by atoms with E-state index in [1.165, 1.54) is 18.4 Å². The second kappa shape index (κ2) is 8.24. The summed E-state index contributed by atoms with van der Waals surface area (Å²) in [5, 5.41) is 23.0. The van der Waals surface area contributed by atoms with Gasteiger partial charge in [-0.3, -0.25) is 0 Å². The van der Waals surface area contributed by atoms with Gasteiger partial charge in [-0.25, -0.2) is 0 Å². The predicted molar refractivity (Wildman–Crippen MR) is 131 cm³/mol. The summed E-state index contributed by atoms with van der Waals surface area (Å²) in [6.07, 6.45) is 14.3. The molecule has 0 saturated heterocycles. The number of fused-ring (bicyclic) bond motifs is 5. The summed E-state index contributed by atoms with van der Waals surface area (Å²) in [4.78, 5) is 0. The van der Waals surface area contributed by atoms with Crippen LogP contribution in [-0.2, 0) is 4.74 Å². The molecule has 3 heteroatoms. The van der Waals surface area contributed by atoms with E-state index in [0.717, 1.165) is 32.1 Å². The van der Waals surface area contributed by atoms with E-state index in [4.69, 9.17) is 4.74 Å². The lowest BCUT2D eigenvalue weighted by Crippen LogP contribution is -2.69. The standard InChI is InChI=1S/C29H48O3/c1-19(2)20(3)8-9-21(4)23-10-11-24-25-13-15-28(32-7)14-12-22(30)18-27(28,6)29(25,31)17-16-26(23,24)5/h8-9,13,19-24,30-31H,10-12,14-18H2,1-7H3. The van der Waals surface area contributed by atoms with Crippen LogP contribution < -0.4 is 0 Å². The second-order valence-electron chi connectivity index (χ2n) is 12.7. The van der Waals surface area contributed by atoms with Crippen LogP contribution >= 0.6 is 0 Å². The van der Waals surface area contributed by atoms with E-state index in [2.05, 4.69) is 59.8 Å². The summed E-state index contributed by atoms with van der Waals surface area (Å²) in [5.74, 6) is 2.95. The molecule has 4 rings (SSSR count). The lowest BCUT2D eigenvalue weighted by molar-refractivity contribution is -0.241. The fourth-order valence-corrected chi connectivity index (χ4v) is 8.49. The Hall–Kier alpha value is -0.640. The molecule has 2 N–H and O–H groups in total. The van der Waals surface area contributed by atoms with Gasteiger partial charge in [0.05, 0.1) is 17.3 Å². The maximum absolute atomic E-state index is 12.4. The SMILES string of the molecule is COC12CC=C3C4CCC(C(C)C=CC(C)C(C)C)C4(C)CCC3(O)C1(C)CC(O)CC2. The van der Waals surface area contributed by atoms with Crippen molar-refractivity contribution in [3.63, 3.8) is 0 Å². The number of rotatable bonds is 5. The number of ether oxygens (including phenoxy) is 1. The molecule has 0 spiro atoms. The lowest BCUT2D eigenvalue weighted by atomic mass is 9.44. The average Bonchev–Trinajstić information content (AvgIpc) is 3.09. The molecule has 3 saturated carbocycles. The van der Waals surface area contributed by atoms with Crippen molar-refractivity contribution in [3.8, 4) is 0 Å². The zero-order valence-electron chi connectivity index (χ0n) is 21.7. The van der Waals surface area contributed by atoms with Crippen LogP contribution in [0, 0.1) is 40.4 Å². The Kier molecular flexibility index (Phi) is 6.30. The average molecular weight is 445 g/mol. The second-order valence-corrected chi connectivity index (χ2v) is 12.7. The maximum atomic E-state index is 12.4. The van der Waals surface area contributed by atoms with Crippen molar-refractivity contribution in [2.75, 3.05) is 7.11 Å². The molecule has 0 bridgehead atoms. The molecule has 3 fully saturated rings. The van der Waals surface area contributed by atoms with Crippen molar-refractivity contribution < 1.29 is 14.9 Å². The highest BCUT2D eigenvalue weighted by Crippen LogP contribution is 2.69. The highest BCUT2D eigenvalue weighted by molar-refractivity contribution is 5.38. The Labute approximate surface area is 196 Å². The number of aliphatic hydroxyl groups is 2. The van der Waals surface area contributed by atoms with Gasteiger partial charge in [0.2, 0.25) is 0 Å². The molecule has 0 aromatic heterocycles. The van der Waals surface area contributed by atoms with Crippen LogP contribution in [0.2, 0.25) is 0 Å². The smallest absolute Gasteiger partial charge is 0.0941 e. The van der Waals surface area contributed by atoms with Gasteiger partial charge in [-0.1, -0.05) is 59.8 Å². The summed E-state index contributed by atoms with van der Waals surface area (Å²) in [6.45, 7) is 14.0. The van der Waals surface area contributed by atoms with E-state index < -0.39 is 11.0 Å². The van der Waals surface area contributed by atoms with Gasteiger partial charge in [-0.05, 0) is 91.9 Å². The molecule has 0 amide bonds. The number of hydrogen-bond acceptors (Lipinski definition) is 3. The summed E-state index contributed by atoms with van der Waals surface area (Å²) in [6, 6.07) is 0. The van der Waals surface area contributed by atoms with Crippen molar-refractivity contribution in [2.24, 2.45) is 40.4 Å². The molecule has 9 unspecified atom stereocenters. The molecule has 4 aliphatic rings. The van der Waals surface area contributed by atoms with E-state index in [9.17, 15) is 10.2 Å². The maximum Gasteiger partial charge on any atom is 0.0941 e. The van der Waals surface area contributed by atoms with Crippen molar-refractivity contribution in [3.05, 3.63) is 23.8 Å². The normalized spacial score (nSPS) is 48.2. The Morgan fingerprint density at radius 1 is 1.03 bits per heavy atom. The summed E-state index contributed by atoms with van der Waals surface area (Å²) < 4.78 is 6.19. The Morgan fingerprint density at radius 3 is 2.41 bits per heavy atom. The highest BCUT2D eigenvalue weighted by Gasteiger charge is 2.69. The molecule has 3 nitrogen and oxygen atoms in total. The van der Waals surface area contributed by atoms with E-state index in [-0.39, 0.29) is 17.1 Å². The van der Waals surface area contributed by atoms with Gasteiger partial charge >= 0.3 is 0 Å². The molecule has 0 aromatic carbocycles. The largest absolute Gasteiger partial charge is 0.393 e. The molecule has 0 radical (unpaired) electrons. The first-order chi connectivity index (χ1) is 14.9. The van der Waals surface area contributed by atoms with Crippen LogP contribution in [0.4, 0.5) is 0 Å². The van der Waals surface area contributed by atoms with Gasteiger partial charge in [0.25, 0.3) is 0 Å². The molecule has 0 aromatic rings. The fraction of sp³-hybridized carbons (Fsp3) is 0.862. The van der Waals surface area contributed by atoms with Gasteiger partial charge in [0, 0.05) is 12.5 Å². The van der Waals surface area contributed by atoms with E-state index in [0.29, 0.717) is 36.0 Å². The van der Waals surface area contributed by atoms with Crippen LogP contribution in [0.25, 0.3) is 0 Å². The molecule has 0 heterocycles. The van der Waals surface area contributed by atoms with Crippen molar-refractivity contribution in [1.82, 2.24) is 0 Å². The number of methoxy groups -OCH3 is 1. The predicted octanol–water partition coefficient (Wildman–Crippen LogP) is 6.29. The summed E-state index contributed by atoms with van der Waals surface area (Å²) >= 11 is 0. The first-order valence-electron chi connectivity index (χ1n) is 13.3. The minimum atomic E-state index is -0.868. The monoisotopic (exact) mass is 444 g/mol. The van der Waals surface area contributed by atoms with Gasteiger partial charge in [-0.15, -0.1) is 0 Å². The van der Waals surface area contributed by atoms with E-state index in [1.54, 1.807) is 0 Å². The van der Waals surface area contributed by atoms with Gasteiger partial charge in [-0.2, -0.15) is 0 Å². The van der Waals surface area contributed by atoms with Crippen LogP contribution in [0.1, 0.15) is 92.9 Å². The van der Waals surface area contributed by atoms with Crippen molar-refractivity contribution in [1.29, 1.82) is 0 Å². The number of aliphatic hydroxyl groups excluding tert-OH is 1. The molecular formula is C29H48O3. The highest BCUT2D eigenvalue weighted by atomic mass is 16.5. The minimum Gasteiger partial charge on any atom is -0.393 e. The van der Waals surface area contributed by atoms with E-state index >= 15 is 0 Å². The Morgan fingerprint density at radius 2 is 1.75 bits per heavy atom. The Balaban J connectivity index is 1.65. The van der Waals surface area contributed by atoms with Gasteiger partial charge < -0.3 is 14.9 Å². The van der Waals surface area contributed by atoms with Crippen LogP contribution in [0.3, 0.4) is 0 Å². The van der Waals surface area contributed by atoms with Crippen molar-refractivity contribution in [2.45, 2.75) is 110 Å². The third kappa shape index (κ3) is 3.32. The minimum absolute atomic E-state index is 0.236. The number of allylic oxidation sites excluding steroid dienone is 2. The van der Waals surface area contributed by atoms with Crippen LogP contribution in [0.5, 0.6) is 0 Å². The van der Waals surface area contributed by atoms with E-state index in [1.807, 2.05) is 7.11 Å². The third-order valence-corrected chi connectivity index (χ3v) is 11.2. The third-order valence-electron chi connectivity index (χ3n) is 11.2. The number of hydrogen-bond donors (Lipinski definition) is 2. The lowest BCUT2D eigenvalue weighted by Gasteiger charge is -2.65. The molecule has 9 atom stereocenters. The first-order valence-corrected chi connectivity index (χ1v) is 13.3. The Bertz CT molecular complexity index is 770. The van der Waals surface area contributed by atoms with Gasteiger partial charge in [0.1, 0.15) is 0 Å². The molecule has 0 aliphatic heterocycles. The summed E-state index contributed by atoms with van der Waals surface area (Å²) in [7, 11) is 1.81. The summed E-state index contributed by atoms with van der Waals surface area (Å²) in [5.41, 5.74) is -0.148. The molecular weight excluding hydrogens is 396 g/mol. The molecule has 4 aliphatic carbocycles. The zero-order chi connectivity index (χ0) is 23.5. The quantitative estimate of drug-likeness (QED) is 0.490. The first kappa shape index (κ1) is 24.5. The topological polar surface area (TPSA) is 49.7 Å². The van der Waals surface area contributed by atoms with Crippen molar-refractivity contribution >= 4 is 0 Å². The van der Waals surface area contributed by atoms with Crippen LogP contribution in [-0.4, -0.2) is 34.6 Å². The fourth-order valence-electron chi connectivity index (χ4n) is 8.49. The van der Waals surface area contributed by atoms with Gasteiger partial charge in [0.15, 0.2) is 0 Å². The molecule has 32 heavy (non-hydrogen) atoms. The zero-order valence-corrected chi connectivity index (χ0v) is 21.7. The molecule has 182 valence electrons.